The van der Waals surface area contributed by atoms with Gasteiger partial charge in [-0.15, -0.1) is 11.8 Å². The van der Waals surface area contributed by atoms with Crippen molar-refractivity contribution in [3.8, 4) is 5.75 Å². The second kappa shape index (κ2) is 6.20. The van der Waals surface area contributed by atoms with Crippen molar-refractivity contribution >= 4 is 27.7 Å². The molecule has 0 radical (unpaired) electrons. The zero-order valence-corrected chi connectivity index (χ0v) is 13.3. The Morgan fingerprint density at radius 1 is 1.25 bits per heavy atom. The molecule has 2 aromatic carbocycles. The highest BCUT2D eigenvalue weighted by Gasteiger charge is 2.15. The summed E-state index contributed by atoms with van der Waals surface area (Å²) in [7, 11) is 0. The van der Waals surface area contributed by atoms with E-state index in [1.54, 1.807) is 11.8 Å². The van der Waals surface area contributed by atoms with Gasteiger partial charge in [-0.3, -0.25) is 0 Å². The molecule has 1 atom stereocenters. The third kappa shape index (κ3) is 3.03. The number of fused-ring (bicyclic) bond motifs is 1. The van der Waals surface area contributed by atoms with Crippen molar-refractivity contribution in [3.05, 3.63) is 58.1 Å². The van der Waals surface area contributed by atoms with Gasteiger partial charge >= 0.3 is 0 Å². The summed E-state index contributed by atoms with van der Waals surface area (Å²) in [5.41, 5.74) is 2.17. The number of halogens is 1. The number of thioether (sulfide) groups is 1. The van der Waals surface area contributed by atoms with E-state index in [2.05, 4.69) is 28.1 Å². The topological polar surface area (TPSA) is 29.5 Å². The fourth-order valence-electron chi connectivity index (χ4n) is 2.24. The molecule has 1 heterocycles. The van der Waals surface area contributed by atoms with Gasteiger partial charge in [0.15, 0.2) is 0 Å². The number of benzene rings is 2. The first-order chi connectivity index (χ1) is 9.74. The van der Waals surface area contributed by atoms with Gasteiger partial charge < -0.3 is 9.84 Å². The molecule has 1 unspecified atom stereocenters. The Kier molecular flexibility index (Phi) is 4.34. The van der Waals surface area contributed by atoms with Crippen LogP contribution in [0, 0.1) is 0 Å². The van der Waals surface area contributed by atoms with E-state index in [1.807, 2.05) is 30.3 Å². The van der Waals surface area contributed by atoms with Crippen molar-refractivity contribution < 1.29 is 9.84 Å². The monoisotopic (exact) mass is 350 g/mol. The van der Waals surface area contributed by atoms with Gasteiger partial charge in [0.2, 0.25) is 0 Å². The lowest BCUT2D eigenvalue weighted by Gasteiger charge is -2.12. The molecule has 3 rings (SSSR count). The maximum atomic E-state index is 10.3. The van der Waals surface area contributed by atoms with E-state index >= 15 is 0 Å². The Labute approximate surface area is 131 Å². The highest BCUT2D eigenvalue weighted by atomic mass is 79.9. The molecule has 2 nitrogen and oxygen atoms in total. The molecule has 0 spiro atoms. The molecule has 0 saturated heterocycles. The summed E-state index contributed by atoms with van der Waals surface area (Å²) in [5.74, 6) is 1.60. The fraction of sp³-hybridized carbons (Fsp3) is 0.250. The standard InChI is InChI=1S/C16H15BrO2S/c17-13-3-1-2-4-16(13)20-10-14(18)11-5-6-15-12(9-11)7-8-19-15/h1-6,9,14,18H,7-8,10H2. The van der Waals surface area contributed by atoms with Crippen molar-refractivity contribution in [1.29, 1.82) is 0 Å². The summed E-state index contributed by atoms with van der Waals surface area (Å²) in [4.78, 5) is 1.15. The first-order valence-corrected chi connectivity index (χ1v) is 8.33. The molecular weight excluding hydrogens is 336 g/mol. The van der Waals surface area contributed by atoms with Crippen LogP contribution in [0.4, 0.5) is 0 Å². The molecule has 0 aromatic heterocycles. The minimum Gasteiger partial charge on any atom is -0.493 e. The zero-order valence-electron chi connectivity index (χ0n) is 10.9. The average molecular weight is 351 g/mol. The highest BCUT2D eigenvalue weighted by molar-refractivity contribution is 9.10. The smallest absolute Gasteiger partial charge is 0.122 e. The Morgan fingerprint density at radius 3 is 2.95 bits per heavy atom. The van der Waals surface area contributed by atoms with Gasteiger partial charge in [0.1, 0.15) is 5.75 Å². The highest BCUT2D eigenvalue weighted by Crippen LogP contribution is 2.32. The molecule has 1 aliphatic heterocycles. The SMILES string of the molecule is OC(CSc1ccccc1Br)c1ccc2c(c1)CCO2. The van der Waals surface area contributed by atoms with E-state index in [-0.39, 0.29) is 0 Å². The molecular formula is C16H15BrO2S. The number of hydrogen-bond donors (Lipinski definition) is 1. The van der Waals surface area contributed by atoms with Crippen LogP contribution in [-0.4, -0.2) is 17.5 Å². The van der Waals surface area contributed by atoms with Crippen LogP contribution < -0.4 is 4.74 Å². The molecule has 0 fully saturated rings. The van der Waals surface area contributed by atoms with E-state index in [1.165, 1.54) is 5.56 Å². The number of hydrogen-bond acceptors (Lipinski definition) is 3. The lowest BCUT2D eigenvalue weighted by Crippen LogP contribution is -2.01. The van der Waals surface area contributed by atoms with Gasteiger partial charge in [0.25, 0.3) is 0 Å². The summed E-state index contributed by atoms with van der Waals surface area (Å²) in [6.45, 7) is 0.751. The van der Waals surface area contributed by atoms with Gasteiger partial charge in [0.05, 0.1) is 12.7 Å². The maximum Gasteiger partial charge on any atom is 0.122 e. The van der Waals surface area contributed by atoms with Crippen molar-refractivity contribution in [1.82, 2.24) is 0 Å². The minimum atomic E-state index is -0.460. The minimum absolute atomic E-state index is 0.460. The predicted molar refractivity (Wildman–Crippen MR) is 85.5 cm³/mol. The quantitative estimate of drug-likeness (QED) is 0.837. The van der Waals surface area contributed by atoms with Crippen LogP contribution in [0.25, 0.3) is 0 Å². The summed E-state index contributed by atoms with van der Waals surface area (Å²) in [5, 5.41) is 10.3. The number of ether oxygens (including phenoxy) is 1. The fourth-order valence-corrected chi connectivity index (χ4v) is 3.78. The third-order valence-corrected chi connectivity index (χ3v) is 5.43. The Hall–Kier alpha value is -0.970. The van der Waals surface area contributed by atoms with Crippen molar-refractivity contribution in [3.63, 3.8) is 0 Å². The second-order valence-corrected chi connectivity index (χ2v) is 6.64. The zero-order chi connectivity index (χ0) is 13.9. The van der Waals surface area contributed by atoms with Crippen LogP contribution in [0.15, 0.2) is 51.8 Å². The van der Waals surface area contributed by atoms with Crippen LogP contribution in [-0.2, 0) is 6.42 Å². The lowest BCUT2D eigenvalue weighted by atomic mass is 10.1. The first-order valence-electron chi connectivity index (χ1n) is 6.55. The van der Waals surface area contributed by atoms with E-state index in [0.717, 1.165) is 33.7 Å². The Balaban J connectivity index is 1.67. The average Bonchev–Trinajstić information content (AvgIpc) is 2.93. The normalized spacial score (nSPS) is 14.7. The second-order valence-electron chi connectivity index (χ2n) is 4.72. The first kappa shape index (κ1) is 14.0. The molecule has 104 valence electrons. The summed E-state index contributed by atoms with van der Waals surface area (Å²) >= 11 is 5.18. The van der Waals surface area contributed by atoms with E-state index in [9.17, 15) is 5.11 Å². The van der Waals surface area contributed by atoms with Crippen molar-refractivity contribution in [2.45, 2.75) is 17.4 Å². The molecule has 0 amide bonds. The number of aliphatic hydroxyl groups is 1. The summed E-state index contributed by atoms with van der Waals surface area (Å²) < 4.78 is 6.55. The molecule has 4 heteroatoms. The molecule has 20 heavy (non-hydrogen) atoms. The molecule has 0 aliphatic carbocycles. The predicted octanol–water partition coefficient (Wildman–Crippen LogP) is 4.21. The number of rotatable bonds is 4. The van der Waals surface area contributed by atoms with Crippen molar-refractivity contribution in [2.24, 2.45) is 0 Å². The van der Waals surface area contributed by atoms with Crippen LogP contribution in [0.2, 0.25) is 0 Å². The Bertz CT molecular complexity index is 615. The molecule has 0 bridgehead atoms. The molecule has 2 aromatic rings. The van der Waals surface area contributed by atoms with Crippen LogP contribution in [0.5, 0.6) is 5.75 Å². The van der Waals surface area contributed by atoms with Gasteiger partial charge in [-0.05, 0) is 51.3 Å². The van der Waals surface area contributed by atoms with E-state index in [0.29, 0.717) is 5.75 Å². The Morgan fingerprint density at radius 2 is 2.10 bits per heavy atom. The number of aliphatic hydroxyl groups excluding tert-OH is 1. The van der Waals surface area contributed by atoms with Gasteiger partial charge in [-0.25, -0.2) is 0 Å². The summed E-state index contributed by atoms with van der Waals surface area (Å²) in [6, 6.07) is 14.0. The largest absolute Gasteiger partial charge is 0.493 e. The van der Waals surface area contributed by atoms with E-state index in [4.69, 9.17) is 4.74 Å². The lowest BCUT2D eigenvalue weighted by molar-refractivity contribution is 0.204. The maximum absolute atomic E-state index is 10.3. The van der Waals surface area contributed by atoms with Crippen LogP contribution >= 0.6 is 27.7 Å². The van der Waals surface area contributed by atoms with Gasteiger partial charge in [-0.1, -0.05) is 18.2 Å². The third-order valence-electron chi connectivity index (χ3n) is 3.33. The molecule has 0 saturated carbocycles. The van der Waals surface area contributed by atoms with E-state index < -0.39 is 6.10 Å². The molecule has 1 N–H and O–H groups in total. The summed E-state index contributed by atoms with van der Waals surface area (Å²) in [6.07, 6.45) is 0.478. The van der Waals surface area contributed by atoms with Crippen LogP contribution in [0.3, 0.4) is 0 Å². The van der Waals surface area contributed by atoms with Crippen LogP contribution in [0.1, 0.15) is 17.2 Å². The van der Waals surface area contributed by atoms with Gasteiger partial charge in [-0.2, -0.15) is 0 Å². The molecule has 1 aliphatic rings. The van der Waals surface area contributed by atoms with Gasteiger partial charge in [0, 0.05) is 21.5 Å². The van der Waals surface area contributed by atoms with Crippen molar-refractivity contribution in [2.75, 3.05) is 12.4 Å².